The zero-order chi connectivity index (χ0) is 17.8. The van der Waals surface area contributed by atoms with Gasteiger partial charge in [0, 0.05) is 25.4 Å². The molecule has 7 heteroatoms. The molecule has 1 atom stereocenters. The number of nitrogens with two attached hydrogens (primary N) is 1. The summed E-state index contributed by atoms with van der Waals surface area (Å²) >= 11 is 0. The average molecular weight is 347 g/mol. The Balaban J connectivity index is 1.70. The number of hydrogen-bond donors (Lipinski definition) is 3. The number of hydrogen-bond acceptors (Lipinski definition) is 6. The molecule has 3 rings (SSSR count). The zero-order valence-electron chi connectivity index (χ0n) is 15.1. The fourth-order valence-electron chi connectivity index (χ4n) is 3.59. The monoisotopic (exact) mass is 347 g/mol. The normalized spacial score (nSPS) is 24.6. The first-order chi connectivity index (χ1) is 12.1. The van der Waals surface area contributed by atoms with E-state index in [1.165, 1.54) is 19.0 Å². The topological polar surface area (TPSA) is 102 Å². The van der Waals surface area contributed by atoms with Crippen molar-refractivity contribution in [3.8, 4) is 0 Å². The predicted octanol–water partition coefficient (Wildman–Crippen LogP) is 2.55. The third-order valence-corrected chi connectivity index (χ3v) is 5.35. The molecule has 2 aliphatic carbocycles. The Kier molecular flexibility index (Phi) is 5.73. The minimum Gasteiger partial charge on any atom is -0.381 e. The molecule has 4 N–H and O–H groups in total. The molecule has 25 heavy (non-hydrogen) atoms. The second-order valence-corrected chi connectivity index (χ2v) is 7.17. The van der Waals surface area contributed by atoms with Crippen LogP contribution in [0.25, 0.3) is 0 Å². The molecule has 1 aromatic rings. The minimum atomic E-state index is -0.500. The third kappa shape index (κ3) is 4.60. The number of carbonyl (C=O) groups is 1. The summed E-state index contributed by atoms with van der Waals surface area (Å²) in [6.07, 6.45) is 9.49. The molecule has 0 aliphatic heterocycles. The summed E-state index contributed by atoms with van der Waals surface area (Å²) in [5.74, 6) is 1.27. The molecule has 0 spiro atoms. The number of amides is 1. The van der Waals surface area contributed by atoms with Gasteiger partial charge in [0.05, 0.1) is 11.7 Å². The zero-order valence-corrected chi connectivity index (χ0v) is 15.1. The van der Waals surface area contributed by atoms with E-state index in [4.69, 9.17) is 10.5 Å². The first-order valence-electron chi connectivity index (χ1n) is 9.33. The van der Waals surface area contributed by atoms with Crippen LogP contribution in [0.2, 0.25) is 0 Å². The minimum absolute atomic E-state index is 0.331. The number of nitrogens with zero attached hydrogens (tertiary/aromatic N) is 2. The lowest BCUT2D eigenvalue weighted by Crippen LogP contribution is -2.30. The molecule has 0 saturated heterocycles. The van der Waals surface area contributed by atoms with Gasteiger partial charge in [-0.3, -0.25) is 4.79 Å². The molecule has 0 radical (unpaired) electrons. The van der Waals surface area contributed by atoms with Crippen molar-refractivity contribution in [3.63, 3.8) is 0 Å². The molecular weight excluding hydrogens is 318 g/mol. The molecule has 2 aliphatic rings. The highest BCUT2D eigenvalue weighted by molar-refractivity contribution is 5.97. The van der Waals surface area contributed by atoms with Crippen LogP contribution in [0.1, 0.15) is 62.2 Å². The summed E-state index contributed by atoms with van der Waals surface area (Å²) in [7, 11) is 1.77. The summed E-state index contributed by atoms with van der Waals surface area (Å²) < 4.78 is 5.41. The van der Waals surface area contributed by atoms with Gasteiger partial charge in [-0.1, -0.05) is 6.92 Å². The molecule has 1 heterocycles. The SMILES string of the molecule is CC[C@@H](Nc1nc(N[C@H]2CC[C@H](OC)CC2)ncc1C(N)=O)C1CC1. The smallest absolute Gasteiger partial charge is 0.254 e. The molecule has 7 nitrogen and oxygen atoms in total. The van der Waals surface area contributed by atoms with Gasteiger partial charge >= 0.3 is 0 Å². The first-order valence-corrected chi connectivity index (χ1v) is 9.33. The standard InChI is InChI=1S/C18H29N5O2/c1-3-15(11-4-5-11)22-17-14(16(19)24)10-20-18(23-17)21-12-6-8-13(25-2)9-7-12/h10-13,15H,3-9H2,1-2H3,(H2,19,24)(H2,20,21,22,23)/t12-,13-,15-/m1/s1. The lowest BCUT2D eigenvalue weighted by Gasteiger charge is -2.28. The van der Waals surface area contributed by atoms with Gasteiger partial charge in [-0.05, 0) is 50.9 Å². The fraction of sp³-hybridized carbons (Fsp3) is 0.722. The molecule has 0 bridgehead atoms. The summed E-state index contributed by atoms with van der Waals surface area (Å²) in [6, 6.07) is 0.669. The van der Waals surface area contributed by atoms with E-state index >= 15 is 0 Å². The highest BCUT2D eigenvalue weighted by Crippen LogP contribution is 2.36. The van der Waals surface area contributed by atoms with Gasteiger partial charge in [0.25, 0.3) is 5.91 Å². The van der Waals surface area contributed by atoms with E-state index in [1.807, 2.05) is 0 Å². The van der Waals surface area contributed by atoms with Gasteiger partial charge in [-0.15, -0.1) is 0 Å². The molecule has 138 valence electrons. The average Bonchev–Trinajstić information content (AvgIpc) is 3.45. The van der Waals surface area contributed by atoms with Gasteiger partial charge in [-0.25, -0.2) is 4.98 Å². The number of primary amides is 1. The van der Waals surface area contributed by atoms with E-state index in [1.54, 1.807) is 7.11 Å². The molecule has 1 amide bonds. The van der Waals surface area contributed by atoms with Crippen molar-refractivity contribution in [2.24, 2.45) is 11.7 Å². The number of rotatable bonds is 8. The molecule has 1 aromatic heterocycles. The van der Waals surface area contributed by atoms with E-state index in [9.17, 15) is 4.79 Å². The van der Waals surface area contributed by atoms with Crippen LogP contribution in [0.15, 0.2) is 6.20 Å². The number of ether oxygens (including phenoxy) is 1. The van der Waals surface area contributed by atoms with Crippen molar-refractivity contribution >= 4 is 17.7 Å². The Bertz CT molecular complexity index is 597. The van der Waals surface area contributed by atoms with Crippen molar-refractivity contribution in [2.45, 2.75) is 70.1 Å². The predicted molar refractivity (Wildman–Crippen MR) is 97.7 cm³/mol. The van der Waals surface area contributed by atoms with Gasteiger partial charge in [0.15, 0.2) is 0 Å². The number of methoxy groups -OCH3 is 1. The van der Waals surface area contributed by atoms with Crippen molar-refractivity contribution < 1.29 is 9.53 Å². The van der Waals surface area contributed by atoms with E-state index in [0.717, 1.165) is 32.1 Å². The number of nitrogens with one attached hydrogen (secondary N) is 2. The highest BCUT2D eigenvalue weighted by atomic mass is 16.5. The van der Waals surface area contributed by atoms with Crippen LogP contribution in [0.5, 0.6) is 0 Å². The Labute approximate surface area is 149 Å². The summed E-state index contributed by atoms with van der Waals surface area (Å²) in [6.45, 7) is 2.15. The Morgan fingerprint density at radius 3 is 2.60 bits per heavy atom. The second kappa shape index (κ2) is 7.99. The quantitative estimate of drug-likeness (QED) is 0.668. The van der Waals surface area contributed by atoms with Crippen LogP contribution in [0.3, 0.4) is 0 Å². The van der Waals surface area contributed by atoms with Crippen molar-refractivity contribution in [1.29, 1.82) is 0 Å². The van der Waals surface area contributed by atoms with Gasteiger partial charge < -0.3 is 21.1 Å². The molecule has 2 fully saturated rings. The lowest BCUT2D eigenvalue weighted by molar-refractivity contribution is 0.0681. The number of carbonyl (C=O) groups excluding carboxylic acids is 1. The van der Waals surface area contributed by atoms with Crippen molar-refractivity contribution in [2.75, 3.05) is 17.7 Å². The molecular formula is C18H29N5O2. The summed E-state index contributed by atoms with van der Waals surface area (Å²) in [4.78, 5) is 20.6. The largest absolute Gasteiger partial charge is 0.381 e. The van der Waals surface area contributed by atoms with Crippen molar-refractivity contribution in [3.05, 3.63) is 11.8 Å². The Morgan fingerprint density at radius 1 is 1.32 bits per heavy atom. The lowest BCUT2D eigenvalue weighted by atomic mass is 9.93. The van der Waals surface area contributed by atoms with Crippen LogP contribution in [-0.4, -0.2) is 41.2 Å². The van der Waals surface area contributed by atoms with Gasteiger partial charge in [-0.2, -0.15) is 4.98 Å². The number of anilines is 2. The van der Waals surface area contributed by atoms with Crippen LogP contribution in [0, 0.1) is 5.92 Å². The van der Waals surface area contributed by atoms with E-state index < -0.39 is 5.91 Å². The van der Waals surface area contributed by atoms with E-state index in [2.05, 4.69) is 27.5 Å². The van der Waals surface area contributed by atoms with Gasteiger partial charge in [0.2, 0.25) is 5.95 Å². The van der Waals surface area contributed by atoms with Gasteiger partial charge in [0.1, 0.15) is 5.82 Å². The Morgan fingerprint density at radius 2 is 2.04 bits per heavy atom. The highest BCUT2D eigenvalue weighted by Gasteiger charge is 2.31. The number of aromatic nitrogens is 2. The van der Waals surface area contributed by atoms with Crippen LogP contribution in [-0.2, 0) is 4.74 Å². The maximum absolute atomic E-state index is 11.7. The first kappa shape index (κ1) is 17.9. The Hall–Kier alpha value is -1.89. The van der Waals surface area contributed by atoms with Crippen LogP contribution in [0.4, 0.5) is 11.8 Å². The fourth-order valence-corrected chi connectivity index (χ4v) is 3.59. The molecule has 2 saturated carbocycles. The van der Waals surface area contributed by atoms with Crippen LogP contribution >= 0.6 is 0 Å². The van der Waals surface area contributed by atoms with Crippen molar-refractivity contribution in [1.82, 2.24) is 9.97 Å². The third-order valence-electron chi connectivity index (χ3n) is 5.35. The maximum Gasteiger partial charge on any atom is 0.254 e. The van der Waals surface area contributed by atoms with E-state index in [-0.39, 0.29) is 0 Å². The van der Waals surface area contributed by atoms with Crippen LogP contribution < -0.4 is 16.4 Å². The molecule has 0 unspecified atom stereocenters. The molecule has 0 aromatic carbocycles. The van der Waals surface area contributed by atoms with E-state index in [0.29, 0.717) is 41.4 Å². The summed E-state index contributed by atoms with van der Waals surface area (Å²) in [5, 5.41) is 6.82. The maximum atomic E-state index is 11.7. The second-order valence-electron chi connectivity index (χ2n) is 7.17. The summed E-state index contributed by atoms with van der Waals surface area (Å²) in [5.41, 5.74) is 5.85.